The quantitative estimate of drug-likeness (QED) is 0.458. The Morgan fingerprint density at radius 2 is 1.95 bits per heavy atom. The molecule has 2 N–H and O–H groups in total. The Morgan fingerprint density at radius 3 is 2.55 bits per heavy atom. The molecule has 1 aromatic carbocycles. The molecule has 0 spiro atoms. The zero-order valence-electron chi connectivity index (χ0n) is 13.2. The summed E-state index contributed by atoms with van der Waals surface area (Å²) in [7, 11) is 3.75. The van der Waals surface area contributed by atoms with Crippen LogP contribution in [0.5, 0.6) is 5.75 Å². The van der Waals surface area contributed by atoms with Crippen LogP contribution in [0, 0.1) is 5.41 Å². The number of hydrogen-bond donors (Lipinski definition) is 2. The molecule has 0 saturated carbocycles. The molecule has 0 radical (unpaired) electrons. The van der Waals surface area contributed by atoms with Crippen molar-refractivity contribution < 1.29 is 9.47 Å². The molecule has 4 heteroatoms. The molecule has 0 aliphatic heterocycles. The highest BCUT2D eigenvalue weighted by Crippen LogP contribution is 2.14. The van der Waals surface area contributed by atoms with Crippen LogP contribution in [0.15, 0.2) is 24.3 Å². The van der Waals surface area contributed by atoms with E-state index in [0.717, 1.165) is 18.6 Å². The summed E-state index contributed by atoms with van der Waals surface area (Å²) >= 11 is 0. The topological polar surface area (TPSA) is 54.3 Å². The fourth-order valence-electron chi connectivity index (χ4n) is 1.52. The van der Waals surface area contributed by atoms with Crippen LogP contribution < -0.4 is 10.1 Å². The summed E-state index contributed by atoms with van der Waals surface area (Å²) in [5.74, 6) is 1.26. The molecule has 0 bridgehead atoms. The van der Waals surface area contributed by atoms with Gasteiger partial charge in [-0.3, -0.25) is 5.41 Å². The van der Waals surface area contributed by atoms with Gasteiger partial charge >= 0.3 is 0 Å². The lowest BCUT2D eigenvalue weighted by atomic mass is 10.2. The summed E-state index contributed by atoms with van der Waals surface area (Å²) in [6.07, 6.45) is 2.47. The minimum atomic E-state index is 0.346. The van der Waals surface area contributed by atoms with E-state index in [0.29, 0.717) is 25.5 Å². The maximum Gasteiger partial charge on any atom is 0.180 e. The van der Waals surface area contributed by atoms with Crippen LogP contribution in [0.25, 0.3) is 0 Å². The van der Waals surface area contributed by atoms with Crippen LogP contribution in [0.3, 0.4) is 0 Å². The van der Waals surface area contributed by atoms with Crippen molar-refractivity contribution in [1.82, 2.24) is 5.32 Å². The predicted molar refractivity (Wildman–Crippen MR) is 84.9 cm³/mol. The van der Waals surface area contributed by atoms with Crippen molar-refractivity contribution in [2.45, 2.75) is 33.1 Å². The molecular formula is C16H28N2O2. The van der Waals surface area contributed by atoms with Crippen molar-refractivity contribution in [2.75, 3.05) is 27.3 Å². The second kappa shape index (κ2) is 12.5. The van der Waals surface area contributed by atoms with E-state index in [9.17, 15) is 0 Å². The van der Waals surface area contributed by atoms with Gasteiger partial charge in [-0.2, -0.15) is 0 Å². The number of nitrogens with one attached hydrogen (secondary N) is 2. The minimum absolute atomic E-state index is 0.346. The van der Waals surface area contributed by atoms with E-state index in [4.69, 9.17) is 14.9 Å². The average Bonchev–Trinajstić information content (AvgIpc) is 2.45. The molecule has 0 aliphatic rings. The molecule has 0 heterocycles. The van der Waals surface area contributed by atoms with Crippen molar-refractivity contribution in [3.8, 4) is 5.75 Å². The van der Waals surface area contributed by atoms with Crippen molar-refractivity contribution in [3.63, 3.8) is 0 Å². The van der Waals surface area contributed by atoms with Crippen LogP contribution in [-0.4, -0.2) is 33.2 Å². The van der Waals surface area contributed by atoms with Crippen LogP contribution in [0.1, 0.15) is 32.3 Å². The summed E-state index contributed by atoms with van der Waals surface area (Å²) in [6.45, 7) is 5.21. The Labute approximate surface area is 123 Å². The Bertz CT molecular complexity index is 367. The molecule has 0 aromatic heterocycles. The second-order valence-electron chi connectivity index (χ2n) is 4.31. The van der Waals surface area contributed by atoms with E-state index >= 15 is 0 Å². The van der Waals surface area contributed by atoms with Gasteiger partial charge in [0.15, 0.2) is 5.90 Å². The highest BCUT2D eigenvalue weighted by molar-refractivity contribution is 5.72. The number of hydrogen-bond acceptors (Lipinski definition) is 4. The largest absolute Gasteiger partial charge is 0.494 e. The zero-order chi connectivity index (χ0) is 15.2. The predicted octanol–water partition coefficient (Wildman–Crippen LogP) is 3.26. The van der Waals surface area contributed by atoms with E-state index in [1.54, 1.807) is 0 Å². The van der Waals surface area contributed by atoms with Crippen LogP contribution in [0.4, 0.5) is 0 Å². The van der Waals surface area contributed by atoms with Gasteiger partial charge in [0.25, 0.3) is 0 Å². The lowest BCUT2D eigenvalue weighted by Gasteiger charge is -2.08. The normalized spacial score (nSPS) is 9.40. The third kappa shape index (κ3) is 9.39. The molecule has 0 saturated heterocycles. The highest BCUT2D eigenvalue weighted by atomic mass is 16.5. The van der Waals surface area contributed by atoms with Crippen molar-refractivity contribution >= 4 is 5.90 Å². The lowest BCUT2D eigenvalue weighted by Crippen LogP contribution is -2.06. The van der Waals surface area contributed by atoms with Crippen molar-refractivity contribution in [3.05, 3.63) is 29.8 Å². The molecular weight excluding hydrogens is 252 g/mol. The second-order valence-corrected chi connectivity index (χ2v) is 4.31. The molecule has 0 amide bonds. The number of aryl methyl sites for hydroxylation is 1. The van der Waals surface area contributed by atoms with Gasteiger partial charge in [-0.15, -0.1) is 0 Å². The minimum Gasteiger partial charge on any atom is -0.494 e. The van der Waals surface area contributed by atoms with Gasteiger partial charge in [0.05, 0.1) is 13.2 Å². The maximum absolute atomic E-state index is 7.46. The molecule has 4 nitrogen and oxygen atoms in total. The van der Waals surface area contributed by atoms with Gasteiger partial charge in [0, 0.05) is 6.42 Å². The summed E-state index contributed by atoms with van der Waals surface area (Å²) in [6, 6.07) is 8.13. The number of ether oxygens (including phenoxy) is 2. The Balaban J connectivity index is 0.00000110. The van der Waals surface area contributed by atoms with Gasteiger partial charge in [-0.05, 0) is 51.6 Å². The summed E-state index contributed by atoms with van der Waals surface area (Å²) in [4.78, 5) is 0. The lowest BCUT2D eigenvalue weighted by molar-refractivity contribution is 0.289. The molecule has 0 unspecified atom stereocenters. The SMILES string of the molecule is CCOC(=N)CCCOc1cccc(CC)c1.CNC. The fraction of sp³-hybridized carbons (Fsp3) is 0.562. The zero-order valence-corrected chi connectivity index (χ0v) is 13.2. The molecule has 0 aliphatic carbocycles. The molecule has 0 fully saturated rings. The smallest absolute Gasteiger partial charge is 0.180 e. The molecule has 0 atom stereocenters. The standard InChI is InChI=1S/C14H21NO2.C2H7N/c1-3-12-7-5-8-13(11-12)17-10-6-9-14(15)16-4-2;1-3-2/h5,7-8,11,15H,3-4,6,9-10H2,1-2H3;3H,1-2H3. The molecule has 114 valence electrons. The molecule has 1 rings (SSSR count). The van der Waals surface area contributed by atoms with Crippen molar-refractivity contribution in [1.29, 1.82) is 5.41 Å². The first-order valence-corrected chi connectivity index (χ1v) is 7.18. The van der Waals surface area contributed by atoms with Crippen LogP contribution in [-0.2, 0) is 11.2 Å². The van der Waals surface area contributed by atoms with E-state index < -0.39 is 0 Å². The van der Waals surface area contributed by atoms with E-state index in [-0.39, 0.29) is 0 Å². The third-order valence-electron chi connectivity index (χ3n) is 2.44. The number of benzene rings is 1. The van der Waals surface area contributed by atoms with E-state index in [1.807, 2.05) is 33.2 Å². The van der Waals surface area contributed by atoms with Crippen LogP contribution >= 0.6 is 0 Å². The first-order chi connectivity index (χ1) is 9.67. The monoisotopic (exact) mass is 280 g/mol. The third-order valence-corrected chi connectivity index (χ3v) is 2.44. The summed E-state index contributed by atoms with van der Waals surface area (Å²) in [5.41, 5.74) is 1.28. The Hall–Kier alpha value is -1.55. The van der Waals surface area contributed by atoms with Gasteiger partial charge in [0.2, 0.25) is 0 Å². The summed E-state index contributed by atoms with van der Waals surface area (Å²) < 4.78 is 10.7. The van der Waals surface area contributed by atoms with Gasteiger partial charge in [-0.25, -0.2) is 0 Å². The van der Waals surface area contributed by atoms with Gasteiger partial charge in [-0.1, -0.05) is 19.1 Å². The van der Waals surface area contributed by atoms with E-state index in [1.165, 1.54) is 5.56 Å². The van der Waals surface area contributed by atoms with Gasteiger partial charge < -0.3 is 14.8 Å². The fourth-order valence-corrected chi connectivity index (χ4v) is 1.52. The first-order valence-electron chi connectivity index (χ1n) is 7.18. The average molecular weight is 280 g/mol. The van der Waals surface area contributed by atoms with Crippen molar-refractivity contribution in [2.24, 2.45) is 0 Å². The molecule has 1 aromatic rings. The first kappa shape index (κ1) is 18.4. The van der Waals surface area contributed by atoms with E-state index in [2.05, 4.69) is 24.4 Å². The molecule has 20 heavy (non-hydrogen) atoms. The van der Waals surface area contributed by atoms with Crippen LogP contribution in [0.2, 0.25) is 0 Å². The maximum atomic E-state index is 7.46. The van der Waals surface area contributed by atoms with Gasteiger partial charge in [0.1, 0.15) is 5.75 Å². The summed E-state index contributed by atoms with van der Waals surface area (Å²) in [5, 5.41) is 10.2. The highest BCUT2D eigenvalue weighted by Gasteiger charge is 1.98. The Kier molecular flexibility index (Phi) is 11.5. The number of rotatable bonds is 7. The Morgan fingerprint density at radius 1 is 1.25 bits per heavy atom.